The second kappa shape index (κ2) is 8.97. The Kier molecular flexibility index (Phi) is 6.27. The van der Waals surface area contributed by atoms with Crippen molar-refractivity contribution in [2.75, 3.05) is 18.4 Å². The molecular weight excluding hydrogens is 448 g/mol. The first kappa shape index (κ1) is 22.4. The van der Waals surface area contributed by atoms with Gasteiger partial charge in [-0.15, -0.1) is 11.3 Å². The predicted octanol–water partition coefficient (Wildman–Crippen LogP) is 4.98. The zero-order valence-corrected chi connectivity index (χ0v) is 19.4. The lowest BCUT2D eigenvalue weighted by Crippen LogP contribution is -2.27. The van der Waals surface area contributed by atoms with Gasteiger partial charge in [-0.05, 0) is 44.4 Å². The fraction of sp³-hybridized carbons (Fsp3) is 0.318. The third kappa shape index (κ3) is 4.52. The molecule has 0 radical (unpaired) electrons. The summed E-state index contributed by atoms with van der Waals surface area (Å²) in [4.78, 5) is 15.6. The van der Waals surface area contributed by atoms with Crippen molar-refractivity contribution in [1.29, 1.82) is 0 Å². The molecule has 168 valence electrons. The molecule has 32 heavy (non-hydrogen) atoms. The normalized spacial score (nSPS) is 15.6. The van der Waals surface area contributed by atoms with Crippen LogP contribution in [0, 0.1) is 17.0 Å². The second-order valence-corrected chi connectivity index (χ2v) is 10.8. The van der Waals surface area contributed by atoms with Crippen molar-refractivity contribution >= 4 is 32.7 Å². The van der Waals surface area contributed by atoms with Gasteiger partial charge in [-0.1, -0.05) is 24.3 Å². The molecule has 1 fully saturated rings. The van der Waals surface area contributed by atoms with Gasteiger partial charge in [0.15, 0.2) is 0 Å². The molecule has 8 nitrogen and oxygen atoms in total. The number of hydrogen-bond donors (Lipinski definition) is 1. The van der Waals surface area contributed by atoms with Crippen LogP contribution < -0.4 is 5.32 Å². The SMILES string of the molecule is Cc1nc(-c2ccc(C(C)Nc3ccc(S(=O)(=O)N4CCCC4)cc3[N+](=O)[O-])cc2)cs1. The number of thiazole rings is 1. The highest BCUT2D eigenvalue weighted by Gasteiger charge is 2.29. The van der Waals surface area contributed by atoms with Crippen molar-refractivity contribution in [1.82, 2.24) is 9.29 Å². The maximum atomic E-state index is 12.8. The fourth-order valence-electron chi connectivity index (χ4n) is 3.78. The molecule has 0 aliphatic carbocycles. The first-order valence-electron chi connectivity index (χ1n) is 10.3. The van der Waals surface area contributed by atoms with E-state index in [4.69, 9.17) is 0 Å². The maximum absolute atomic E-state index is 12.8. The smallest absolute Gasteiger partial charge is 0.293 e. The van der Waals surface area contributed by atoms with Gasteiger partial charge in [0, 0.05) is 36.1 Å². The summed E-state index contributed by atoms with van der Waals surface area (Å²) in [6, 6.07) is 11.7. The van der Waals surface area contributed by atoms with Crippen LogP contribution in [0.1, 0.15) is 36.4 Å². The minimum atomic E-state index is -3.73. The summed E-state index contributed by atoms with van der Waals surface area (Å²) in [5.74, 6) is 0. The largest absolute Gasteiger partial charge is 0.373 e. The molecule has 10 heteroatoms. The van der Waals surface area contributed by atoms with Crippen LogP contribution in [0.25, 0.3) is 11.3 Å². The van der Waals surface area contributed by atoms with E-state index >= 15 is 0 Å². The Labute approximate surface area is 191 Å². The quantitative estimate of drug-likeness (QED) is 0.384. The molecular formula is C22H24N4O4S2. The van der Waals surface area contributed by atoms with Gasteiger partial charge in [-0.3, -0.25) is 10.1 Å². The summed E-state index contributed by atoms with van der Waals surface area (Å²) in [5, 5.41) is 17.9. The van der Waals surface area contributed by atoms with Gasteiger partial charge in [0.2, 0.25) is 10.0 Å². The minimum absolute atomic E-state index is 0.0489. The molecule has 0 spiro atoms. The third-order valence-corrected chi connectivity index (χ3v) is 8.23. The van der Waals surface area contributed by atoms with Gasteiger partial charge in [0.25, 0.3) is 5.69 Å². The number of rotatable bonds is 7. The topological polar surface area (TPSA) is 105 Å². The molecule has 4 rings (SSSR count). The molecule has 1 atom stereocenters. The van der Waals surface area contributed by atoms with Crippen LogP contribution in [-0.2, 0) is 10.0 Å². The zero-order chi connectivity index (χ0) is 22.9. The fourth-order valence-corrected chi connectivity index (χ4v) is 5.94. The number of nitro benzene ring substituents is 1. The van der Waals surface area contributed by atoms with E-state index in [-0.39, 0.29) is 22.3 Å². The summed E-state index contributed by atoms with van der Waals surface area (Å²) >= 11 is 1.59. The van der Waals surface area contributed by atoms with Crippen molar-refractivity contribution in [2.24, 2.45) is 0 Å². The van der Waals surface area contributed by atoms with Crippen molar-refractivity contribution in [3.63, 3.8) is 0 Å². The second-order valence-electron chi connectivity index (χ2n) is 7.79. The van der Waals surface area contributed by atoms with Crippen LogP contribution in [0.2, 0.25) is 0 Å². The number of anilines is 1. The van der Waals surface area contributed by atoms with Gasteiger partial charge in [-0.25, -0.2) is 13.4 Å². The lowest BCUT2D eigenvalue weighted by Gasteiger charge is -2.18. The Hall–Kier alpha value is -2.82. The molecule has 0 amide bonds. The van der Waals surface area contributed by atoms with Gasteiger partial charge < -0.3 is 5.32 Å². The van der Waals surface area contributed by atoms with Gasteiger partial charge in [0.1, 0.15) is 5.69 Å². The summed E-state index contributed by atoms with van der Waals surface area (Å²) in [6.45, 7) is 4.76. The number of hydrogen-bond acceptors (Lipinski definition) is 7. The lowest BCUT2D eigenvalue weighted by molar-refractivity contribution is -0.384. The van der Waals surface area contributed by atoms with Crippen LogP contribution in [-0.4, -0.2) is 35.7 Å². The van der Waals surface area contributed by atoms with E-state index in [1.807, 2.05) is 43.5 Å². The predicted molar refractivity (Wildman–Crippen MR) is 125 cm³/mol. The number of aryl methyl sites for hydroxylation is 1. The molecule has 1 unspecified atom stereocenters. The Morgan fingerprint density at radius 1 is 1.16 bits per heavy atom. The average Bonchev–Trinajstić information content (AvgIpc) is 3.46. The first-order chi connectivity index (χ1) is 15.3. The maximum Gasteiger partial charge on any atom is 0.293 e. The van der Waals surface area contributed by atoms with Crippen LogP contribution in [0.3, 0.4) is 0 Å². The lowest BCUT2D eigenvalue weighted by atomic mass is 10.0. The van der Waals surface area contributed by atoms with Crippen LogP contribution >= 0.6 is 11.3 Å². The van der Waals surface area contributed by atoms with Crippen molar-refractivity contribution in [3.05, 3.63) is 68.5 Å². The summed E-state index contributed by atoms with van der Waals surface area (Å²) < 4.78 is 27.0. The zero-order valence-electron chi connectivity index (χ0n) is 17.8. The van der Waals surface area contributed by atoms with E-state index in [0.717, 1.165) is 40.7 Å². The monoisotopic (exact) mass is 472 g/mol. The highest BCUT2D eigenvalue weighted by atomic mass is 32.2. The number of aromatic nitrogens is 1. The molecule has 0 bridgehead atoms. The number of nitrogens with one attached hydrogen (secondary N) is 1. The van der Waals surface area contributed by atoms with Gasteiger partial charge in [-0.2, -0.15) is 4.31 Å². The number of sulfonamides is 1. The molecule has 1 aromatic heterocycles. The van der Waals surface area contributed by atoms with Crippen molar-refractivity contribution in [3.8, 4) is 11.3 Å². The number of nitro groups is 1. The minimum Gasteiger partial charge on any atom is -0.373 e. The number of benzene rings is 2. The molecule has 3 aromatic rings. The van der Waals surface area contributed by atoms with Crippen LogP contribution in [0.15, 0.2) is 52.7 Å². The first-order valence-corrected chi connectivity index (χ1v) is 12.7. The van der Waals surface area contributed by atoms with E-state index in [9.17, 15) is 18.5 Å². The van der Waals surface area contributed by atoms with E-state index in [0.29, 0.717) is 13.1 Å². The summed E-state index contributed by atoms with van der Waals surface area (Å²) in [7, 11) is -3.73. The Balaban J connectivity index is 1.56. The molecule has 1 aliphatic heterocycles. The highest BCUT2D eigenvalue weighted by molar-refractivity contribution is 7.89. The van der Waals surface area contributed by atoms with Gasteiger partial charge >= 0.3 is 0 Å². The third-order valence-electron chi connectivity index (χ3n) is 5.57. The van der Waals surface area contributed by atoms with Gasteiger partial charge in [0.05, 0.1) is 20.5 Å². The van der Waals surface area contributed by atoms with E-state index in [1.54, 1.807) is 11.3 Å². The van der Waals surface area contributed by atoms with E-state index < -0.39 is 14.9 Å². The summed E-state index contributed by atoms with van der Waals surface area (Å²) in [5.41, 5.74) is 2.90. The molecule has 1 N–H and O–H groups in total. The van der Waals surface area contributed by atoms with E-state index in [1.165, 1.54) is 16.4 Å². The summed E-state index contributed by atoms with van der Waals surface area (Å²) in [6.07, 6.45) is 1.61. The van der Waals surface area contributed by atoms with E-state index in [2.05, 4.69) is 10.3 Å². The number of nitrogens with zero attached hydrogens (tertiary/aromatic N) is 3. The van der Waals surface area contributed by atoms with Crippen LogP contribution in [0.4, 0.5) is 11.4 Å². The Morgan fingerprint density at radius 2 is 1.84 bits per heavy atom. The molecule has 2 aromatic carbocycles. The molecule has 2 heterocycles. The van der Waals surface area contributed by atoms with Crippen molar-refractivity contribution in [2.45, 2.75) is 37.6 Å². The standard InChI is InChI=1S/C22H24N4O4S2/c1-15(17-5-7-18(8-6-17)21-14-31-16(2)24-21)23-20-10-9-19(13-22(20)26(27)28)32(29,30)25-11-3-4-12-25/h5-10,13-15,23H,3-4,11-12H2,1-2H3. The molecule has 1 aliphatic rings. The Morgan fingerprint density at radius 3 is 2.44 bits per heavy atom. The molecule has 0 saturated carbocycles. The molecule has 1 saturated heterocycles. The Bertz CT molecular complexity index is 1230. The van der Waals surface area contributed by atoms with Crippen molar-refractivity contribution < 1.29 is 13.3 Å². The van der Waals surface area contributed by atoms with Crippen LogP contribution in [0.5, 0.6) is 0 Å². The highest BCUT2D eigenvalue weighted by Crippen LogP contribution is 2.33. The average molecular weight is 473 g/mol.